The molecule has 1 aromatic carbocycles. The monoisotopic (exact) mass is 455 g/mol. The first-order valence-electron chi connectivity index (χ1n) is 6.78. The predicted molar refractivity (Wildman–Crippen MR) is 91.8 cm³/mol. The van der Waals surface area contributed by atoms with Gasteiger partial charge in [0, 0.05) is 41.1 Å². The molecular formula is C15H8F2IN5O2. The van der Waals surface area contributed by atoms with Crippen LogP contribution in [-0.4, -0.2) is 29.4 Å². The van der Waals surface area contributed by atoms with Crippen molar-refractivity contribution in [2.45, 2.75) is 0 Å². The summed E-state index contributed by atoms with van der Waals surface area (Å²) < 4.78 is 27.7. The molecule has 0 saturated heterocycles. The summed E-state index contributed by atoms with van der Waals surface area (Å²) in [7, 11) is 0. The Hall–Kier alpha value is -2.76. The van der Waals surface area contributed by atoms with Crippen LogP contribution in [-0.2, 0) is 0 Å². The SMILES string of the molecule is O=C(Nc1cc(F)c(F)cc1C(=O)I)c1ccc(-n2ccnc2)nn1. The van der Waals surface area contributed by atoms with E-state index in [1.165, 1.54) is 35.0 Å². The Labute approximate surface area is 153 Å². The van der Waals surface area contributed by atoms with Crippen molar-refractivity contribution in [2.24, 2.45) is 0 Å². The van der Waals surface area contributed by atoms with Gasteiger partial charge in [-0.25, -0.2) is 13.8 Å². The molecule has 2 heterocycles. The minimum Gasteiger partial charge on any atom is -0.320 e. The van der Waals surface area contributed by atoms with Crippen LogP contribution in [0.15, 0.2) is 43.0 Å². The average molecular weight is 455 g/mol. The van der Waals surface area contributed by atoms with Crippen LogP contribution in [0.5, 0.6) is 0 Å². The summed E-state index contributed by atoms with van der Waals surface area (Å²) in [6.07, 6.45) is 4.74. The van der Waals surface area contributed by atoms with Crippen molar-refractivity contribution in [3.63, 3.8) is 0 Å². The van der Waals surface area contributed by atoms with Gasteiger partial charge in [-0.3, -0.25) is 14.2 Å². The zero-order valence-electron chi connectivity index (χ0n) is 12.3. The first kappa shape index (κ1) is 17.1. The number of hydrogen-bond acceptors (Lipinski definition) is 5. The van der Waals surface area contributed by atoms with Crippen molar-refractivity contribution in [1.29, 1.82) is 0 Å². The van der Waals surface area contributed by atoms with E-state index in [1.807, 2.05) is 0 Å². The molecule has 0 aliphatic rings. The molecule has 3 rings (SSSR count). The molecule has 1 N–H and O–H groups in total. The second kappa shape index (κ2) is 7.01. The van der Waals surface area contributed by atoms with Gasteiger partial charge in [-0.1, -0.05) is 0 Å². The number of halogens is 3. The first-order valence-corrected chi connectivity index (χ1v) is 7.86. The van der Waals surface area contributed by atoms with Crippen molar-refractivity contribution in [3.05, 3.63) is 65.9 Å². The van der Waals surface area contributed by atoms with Gasteiger partial charge in [-0.15, -0.1) is 10.2 Å². The molecule has 10 heteroatoms. The van der Waals surface area contributed by atoms with Gasteiger partial charge < -0.3 is 5.32 Å². The molecule has 0 radical (unpaired) electrons. The molecule has 0 bridgehead atoms. The van der Waals surface area contributed by atoms with E-state index in [4.69, 9.17) is 0 Å². The first-order chi connectivity index (χ1) is 12.0. The predicted octanol–water partition coefficient (Wildman–Crippen LogP) is 2.77. The summed E-state index contributed by atoms with van der Waals surface area (Å²) in [6.45, 7) is 0. The summed E-state index contributed by atoms with van der Waals surface area (Å²) in [4.78, 5) is 27.6. The second-order valence-electron chi connectivity index (χ2n) is 4.79. The smallest absolute Gasteiger partial charge is 0.276 e. The molecule has 0 aliphatic heterocycles. The van der Waals surface area contributed by atoms with Crippen LogP contribution in [0, 0.1) is 11.6 Å². The van der Waals surface area contributed by atoms with E-state index in [0.29, 0.717) is 5.82 Å². The van der Waals surface area contributed by atoms with E-state index in [-0.39, 0.29) is 16.9 Å². The third-order valence-electron chi connectivity index (χ3n) is 3.17. The number of rotatable bonds is 4. The number of nitrogens with zero attached hydrogens (tertiary/aromatic N) is 4. The fraction of sp³-hybridized carbons (Fsp3) is 0. The zero-order chi connectivity index (χ0) is 18.0. The lowest BCUT2D eigenvalue weighted by Crippen LogP contribution is -2.17. The number of aromatic nitrogens is 4. The minimum atomic E-state index is -1.18. The van der Waals surface area contributed by atoms with Crippen LogP contribution in [0.1, 0.15) is 20.8 Å². The van der Waals surface area contributed by atoms with Crippen LogP contribution in [0.3, 0.4) is 0 Å². The minimum absolute atomic E-state index is 0.0551. The second-order valence-corrected chi connectivity index (χ2v) is 5.77. The van der Waals surface area contributed by atoms with Crippen molar-refractivity contribution in [3.8, 4) is 5.82 Å². The van der Waals surface area contributed by atoms with E-state index in [1.54, 1.807) is 23.0 Å². The molecule has 0 fully saturated rings. The number of nitrogens with one attached hydrogen (secondary N) is 1. The third-order valence-corrected chi connectivity index (χ3v) is 3.75. The highest BCUT2D eigenvalue weighted by Gasteiger charge is 2.17. The zero-order valence-corrected chi connectivity index (χ0v) is 14.4. The van der Waals surface area contributed by atoms with Crippen molar-refractivity contribution in [2.75, 3.05) is 5.32 Å². The number of anilines is 1. The molecular weight excluding hydrogens is 447 g/mol. The van der Waals surface area contributed by atoms with Crippen LogP contribution in [0.2, 0.25) is 0 Å². The summed E-state index contributed by atoms with van der Waals surface area (Å²) in [6, 6.07) is 4.42. The Balaban J connectivity index is 1.85. The van der Waals surface area contributed by atoms with Crippen LogP contribution in [0.4, 0.5) is 14.5 Å². The van der Waals surface area contributed by atoms with Crippen LogP contribution in [0.25, 0.3) is 5.82 Å². The Morgan fingerprint density at radius 2 is 1.88 bits per heavy atom. The molecule has 0 unspecified atom stereocenters. The summed E-state index contributed by atoms with van der Waals surface area (Å²) in [5, 5.41) is 10.0. The third kappa shape index (κ3) is 3.68. The van der Waals surface area contributed by atoms with Gasteiger partial charge in [0.1, 0.15) is 6.33 Å². The number of hydrogen-bond donors (Lipinski definition) is 1. The lowest BCUT2D eigenvalue weighted by atomic mass is 10.1. The largest absolute Gasteiger partial charge is 0.320 e. The fourth-order valence-electron chi connectivity index (χ4n) is 1.98. The molecule has 25 heavy (non-hydrogen) atoms. The summed E-state index contributed by atoms with van der Waals surface area (Å²) >= 11 is 1.42. The Bertz CT molecular complexity index is 945. The highest BCUT2D eigenvalue weighted by atomic mass is 127. The molecule has 0 spiro atoms. The van der Waals surface area contributed by atoms with Gasteiger partial charge >= 0.3 is 0 Å². The number of carbonyl (C=O) groups excluding carboxylic acids is 2. The topological polar surface area (TPSA) is 89.8 Å². The Kier molecular flexibility index (Phi) is 4.79. The van der Waals surface area contributed by atoms with E-state index in [0.717, 1.165) is 12.1 Å². The number of carbonyl (C=O) groups is 2. The van der Waals surface area contributed by atoms with E-state index < -0.39 is 21.3 Å². The highest BCUT2D eigenvalue weighted by Crippen LogP contribution is 2.23. The van der Waals surface area contributed by atoms with Crippen molar-refractivity contribution >= 4 is 38.0 Å². The lowest BCUT2D eigenvalue weighted by molar-refractivity contribution is 0.102. The molecule has 3 aromatic rings. The van der Waals surface area contributed by atoms with Crippen molar-refractivity contribution < 1.29 is 18.4 Å². The number of benzene rings is 1. The van der Waals surface area contributed by atoms with Gasteiger partial charge in [-0.05, 0) is 18.2 Å². The maximum absolute atomic E-state index is 13.4. The number of amides is 1. The van der Waals surface area contributed by atoms with Crippen LogP contribution >= 0.6 is 22.6 Å². The quantitative estimate of drug-likeness (QED) is 0.483. The lowest BCUT2D eigenvalue weighted by Gasteiger charge is -2.09. The fourth-order valence-corrected chi connectivity index (χ4v) is 2.42. The molecule has 1 amide bonds. The highest BCUT2D eigenvalue weighted by molar-refractivity contribution is 14.1. The van der Waals surface area contributed by atoms with E-state index >= 15 is 0 Å². The normalized spacial score (nSPS) is 10.5. The average Bonchev–Trinajstić information content (AvgIpc) is 3.12. The van der Waals surface area contributed by atoms with Gasteiger partial charge in [0.2, 0.25) is 3.79 Å². The molecule has 2 aromatic heterocycles. The molecule has 7 nitrogen and oxygen atoms in total. The van der Waals surface area contributed by atoms with Crippen molar-refractivity contribution in [1.82, 2.24) is 19.7 Å². The number of imidazole rings is 1. The van der Waals surface area contributed by atoms with Gasteiger partial charge in [0.25, 0.3) is 5.91 Å². The molecule has 0 aliphatic carbocycles. The summed E-state index contributed by atoms with van der Waals surface area (Å²) in [5.41, 5.74) is -0.361. The van der Waals surface area contributed by atoms with Gasteiger partial charge in [0.15, 0.2) is 23.1 Å². The van der Waals surface area contributed by atoms with Gasteiger partial charge in [-0.2, -0.15) is 0 Å². The summed E-state index contributed by atoms with van der Waals surface area (Å²) in [5.74, 6) is -2.62. The van der Waals surface area contributed by atoms with Gasteiger partial charge in [0.05, 0.1) is 11.3 Å². The van der Waals surface area contributed by atoms with E-state index in [9.17, 15) is 18.4 Å². The molecule has 0 saturated carbocycles. The Morgan fingerprint density at radius 3 is 2.48 bits per heavy atom. The van der Waals surface area contributed by atoms with E-state index in [2.05, 4.69) is 20.5 Å². The molecule has 0 atom stereocenters. The Morgan fingerprint density at radius 1 is 1.12 bits per heavy atom. The van der Waals surface area contributed by atoms with Crippen LogP contribution < -0.4 is 5.32 Å². The standard InChI is InChI=1S/C15H8F2IN5O2/c16-9-5-8(14(18)24)12(6-10(9)17)20-15(25)11-1-2-13(22-21-11)23-4-3-19-7-23/h1-7H,(H,20,25). The molecule has 126 valence electrons. The maximum Gasteiger partial charge on any atom is 0.276 e. The maximum atomic E-state index is 13.4.